The molecule has 1 N–H and O–H groups in total. The van der Waals surface area contributed by atoms with E-state index < -0.39 is 0 Å². The van der Waals surface area contributed by atoms with Gasteiger partial charge in [-0.05, 0) is 41.6 Å². The summed E-state index contributed by atoms with van der Waals surface area (Å²) in [5.74, 6) is 1.10. The first kappa shape index (κ1) is 16.4. The Bertz CT molecular complexity index is 451. The molecule has 19 heavy (non-hydrogen) atoms. The second-order valence-corrected chi connectivity index (χ2v) is 5.84. The largest absolute Gasteiger partial charge is 0.371 e. The lowest BCUT2D eigenvalue weighted by Crippen LogP contribution is -2.20. The number of rotatable bonds is 7. The zero-order chi connectivity index (χ0) is 14.4. The SMILES string of the molecule is CCCC(OCC)c1nc(CC(C)C)c(Br)c(=O)[nH]1. The minimum absolute atomic E-state index is 0.123. The fraction of sp³-hybridized carbons (Fsp3) is 0.714. The summed E-state index contributed by atoms with van der Waals surface area (Å²) in [4.78, 5) is 19.4. The standard InChI is InChI=1S/C14H23BrN2O2/c1-5-7-11(19-6-2)13-16-10(8-9(3)4)12(15)14(18)17-13/h9,11H,5-8H2,1-4H3,(H,16,17,18). The van der Waals surface area contributed by atoms with Gasteiger partial charge in [0.2, 0.25) is 0 Å². The third-order valence-electron chi connectivity index (χ3n) is 2.78. The third-order valence-corrected chi connectivity index (χ3v) is 3.59. The molecule has 1 atom stereocenters. The second kappa shape index (κ2) is 7.80. The Hall–Kier alpha value is -0.680. The Morgan fingerprint density at radius 2 is 2.05 bits per heavy atom. The van der Waals surface area contributed by atoms with E-state index >= 15 is 0 Å². The third kappa shape index (κ3) is 4.73. The van der Waals surface area contributed by atoms with Crippen LogP contribution in [0.25, 0.3) is 0 Å². The molecule has 1 heterocycles. The molecule has 1 aromatic heterocycles. The molecule has 1 aromatic rings. The van der Waals surface area contributed by atoms with Crippen molar-refractivity contribution in [2.24, 2.45) is 5.92 Å². The summed E-state index contributed by atoms with van der Waals surface area (Å²) in [5, 5.41) is 0. The molecule has 0 aromatic carbocycles. The molecule has 0 aliphatic heterocycles. The van der Waals surface area contributed by atoms with Crippen molar-refractivity contribution in [3.63, 3.8) is 0 Å². The van der Waals surface area contributed by atoms with Crippen LogP contribution in [0.5, 0.6) is 0 Å². The molecule has 0 saturated heterocycles. The van der Waals surface area contributed by atoms with Crippen LogP contribution in [0.15, 0.2) is 9.27 Å². The number of aromatic amines is 1. The van der Waals surface area contributed by atoms with E-state index in [1.807, 2.05) is 6.92 Å². The molecule has 1 rings (SSSR count). The molecular weight excluding hydrogens is 308 g/mol. The van der Waals surface area contributed by atoms with E-state index in [-0.39, 0.29) is 11.7 Å². The van der Waals surface area contributed by atoms with Crippen LogP contribution in [0.1, 0.15) is 58.2 Å². The van der Waals surface area contributed by atoms with Crippen molar-refractivity contribution < 1.29 is 4.74 Å². The normalized spacial score (nSPS) is 12.9. The lowest BCUT2D eigenvalue weighted by atomic mass is 10.1. The zero-order valence-electron chi connectivity index (χ0n) is 12.1. The van der Waals surface area contributed by atoms with E-state index in [0.717, 1.165) is 25.0 Å². The maximum absolute atomic E-state index is 12.0. The van der Waals surface area contributed by atoms with Crippen LogP contribution in [0, 0.1) is 5.92 Å². The van der Waals surface area contributed by atoms with Crippen LogP contribution in [-0.4, -0.2) is 16.6 Å². The van der Waals surface area contributed by atoms with Gasteiger partial charge in [0, 0.05) is 6.61 Å². The minimum Gasteiger partial charge on any atom is -0.371 e. The fourth-order valence-corrected chi connectivity index (χ4v) is 2.31. The number of hydrogen-bond donors (Lipinski definition) is 1. The highest BCUT2D eigenvalue weighted by atomic mass is 79.9. The van der Waals surface area contributed by atoms with Gasteiger partial charge in [0.1, 0.15) is 16.4 Å². The number of aromatic nitrogens is 2. The Morgan fingerprint density at radius 3 is 2.58 bits per heavy atom. The van der Waals surface area contributed by atoms with Gasteiger partial charge in [0.15, 0.2) is 0 Å². The van der Waals surface area contributed by atoms with Crippen molar-refractivity contribution in [3.05, 3.63) is 26.3 Å². The van der Waals surface area contributed by atoms with E-state index in [9.17, 15) is 4.79 Å². The molecule has 1 unspecified atom stereocenters. The highest BCUT2D eigenvalue weighted by Crippen LogP contribution is 2.21. The van der Waals surface area contributed by atoms with Crippen molar-refractivity contribution in [2.45, 2.75) is 53.1 Å². The second-order valence-electron chi connectivity index (χ2n) is 5.04. The molecule has 108 valence electrons. The maximum Gasteiger partial charge on any atom is 0.265 e. The van der Waals surface area contributed by atoms with Crippen molar-refractivity contribution >= 4 is 15.9 Å². The van der Waals surface area contributed by atoms with Crippen molar-refractivity contribution in [2.75, 3.05) is 6.61 Å². The predicted octanol–water partition coefficient (Wildman–Crippen LogP) is 3.61. The average molecular weight is 331 g/mol. The zero-order valence-corrected chi connectivity index (χ0v) is 13.7. The molecule has 0 amide bonds. The van der Waals surface area contributed by atoms with Crippen molar-refractivity contribution in [3.8, 4) is 0 Å². The molecule has 0 aliphatic carbocycles. The van der Waals surface area contributed by atoms with Gasteiger partial charge in [-0.1, -0.05) is 27.2 Å². The Kier molecular flexibility index (Phi) is 6.72. The first-order chi connectivity index (χ1) is 8.99. The number of nitrogens with one attached hydrogen (secondary N) is 1. The molecule has 0 radical (unpaired) electrons. The Morgan fingerprint density at radius 1 is 1.37 bits per heavy atom. The van der Waals surface area contributed by atoms with E-state index in [1.165, 1.54) is 0 Å². The van der Waals surface area contributed by atoms with Gasteiger partial charge in [0.25, 0.3) is 5.56 Å². The van der Waals surface area contributed by atoms with E-state index in [2.05, 4.69) is 46.7 Å². The first-order valence-electron chi connectivity index (χ1n) is 6.89. The van der Waals surface area contributed by atoms with Crippen LogP contribution in [0.3, 0.4) is 0 Å². The number of ether oxygens (including phenoxy) is 1. The van der Waals surface area contributed by atoms with Gasteiger partial charge >= 0.3 is 0 Å². The number of halogens is 1. The van der Waals surface area contributed by atoms with Gasteiger partial charge in [-0.15, -0.1) is 0 Å². The van der Waals surface area contributed by atoms with Crippen molar-refractivity contribution in [1.82, 2.24) is 9.97 Å². The van der Waals surface area contributed by atoms with Gasteiger partial charge in [-0.2, -0.15) is 0 Å². The molecule has 0 fully saturated rings. The van der Waals surface area contributed by atoms with Crippen LogP contribution < -0.4 is 5.56 Å². The minimum atomic E-state index is -0.124. The molecule has 0 aliphatic rings. The highest BCUT2D eigenvalue weighted by molar-refractivity contribution is 9.10. The monoisotopic (exact) mass is 330 g/mol. The first-order valence-corrected chi connectivity index (χ1v) is 7.69. The maximum atomic E-state index is 12.0. The molecule has 0 spiro atoms. The highest BCUT2D eigenvalue weighted by Gasteiger charge is 2.17. The smallest absolute Gasteiger partial charge is 0.265 e. The lowest BCUT2D eigenvalue weighted by Gasteiger charge is -2.17. The van der Waals surface area contributed by atoms with Crippen LogP contribution in [-0.2, 0) is 11.2 Å². The number of hydrogen-bond acceptors (Lipinski definition) is 3. The molecule has 0 saturated carbocycles. The summed E-state index contributed by atoms with van der Waals surface area (Å²) in [6.07, 6.45) is 2.51. The summed E-state index contributed by atoms with van der Waals surface area (Å²) in [7, 11) is 0. The molecular formula is C14H23BrN2O2. The molecule has 4 nitrogen and oxygen atoms in total. The Balaban J connectivity index is 3.12. The van der Waals surface area contributed by atoms with Gasteiger partial charge in [-0.3, -0.25) is 4.79 Å². The molecule has 0 bridgehead atoms. The fourth-order valence-electron chi connectivity index (χ4n) is 1.96. The van der Waals surface area contributed by atoms with Gasteiger partial charge in [-0.25, -0.2) is 4.98 Å². The predicted molar refractivity (Wildman–Crippen MR) is 80.4 cm³/mol. The topological polar surface area (TPSA) is 55.0 Å². The quantitative estimate of drug-likeness (QED) is 0.830. The van der Waals surface area contributed by atoms with Gasteiger partial charge in [0.05, 0.1) is 5.69 Å². The van der Waals surface area contributed by atoms with Crippen LogP contribution in [0.2, 0.25) is 0 Å². The summed E-state index contributed by atoms with van der Waals surface area (Å²) in [6.45, 7) is 8.89. The van der Waals surface area contributed by atoms with E-state index in [0.29, 0.717) is 22.8 Å². The van der Waals surface area contributed by atoms with E-state index in [1.54, 1.807) is 0 Å². The summed E-state index contributed by atoms with van der Waals surface area (Å²) >= 11 is 3.32. The summed E-state index contributed by atoms with van der Waals surface area (Å²) in [6, 6.07) is 0. The van der Waals surface area contributed by atoms with E-state index in [4.69, 9.17) is 4.74 Å². The van der Waals surface area contributed by atoms with Gasteiger partial charge < -0.3 is 9.72 Å². The number of nitrogens with zero attached hydrogens (tertiary/aromatic N) is 1. The van der Waals surface area contributed by atoms with Crippen molar-refractivity contribution in [1.29, 1.82) is 0 Å². The average Bonchev–Trinajstić information content (AvgIpc) is 2.34. The lowest BCUT2D eigenvalue weighted by molar-refractivity contribution is 0.0489. The Labute approximate surface area is 123 Å². The van der Waals surface area contributed by atoms with Crippen LogP contribution >= 0.6 is 15.9 Å². The summed E-state index contributed by atoms with van der Waals surface area (Å²) < 4.78 is 6.21. The number of H-pyrrole nitrogens is 1. The van der Waals surface area contributed by atoms with Crippen LogP contribution in [0.4, 0.5) is 0 Å². The summed E-state index contributed by atoms with van der Waals surface area (Å²) in [5.41, 5.74) is 0.691. The molecule has 5 heteroatoms.